The summed E-state index contributed by atoms with van der Waals surface area (Å²) in [5, 5.41) is 0. The number of hydrogen-bond acceptors (Lipinski definition) is 0. The van der Waals surface area contributed by atoms with E-state index < -0.39 is 0 Å². The molecule has 1 rings (SSSR count). The number of hydrogen-bond donors (Lipinski definition) is 2. The van der Waals surface area contributed by atoms with Crippen molar-refractivity contribution >= 4 is 0 Å². The standard InChI is InChI=1S/C9H20N2/c10-6-5-9-11-7-3-1-2-4-8-11/h1-10H2/p+2. The van der Waals surface area contributed by atoms with E-state index in [1.54, 1.807) is 0 Å². The molecule has 4 N–H and O–H groups in total. The summed E-state index contributed by atoms with van der Waals surface area (Å²) in [5.41, 5.74) is 3.88. The van der Waals surface area contributed by atoms with E-state index in [9.17, 15) is 0 Å². The molecule has 66 valence electrons. The lowest BCUT2D eigenvalue weighted by Gasteiger charge is -2.15. The smallest absolute Gasteiger partial charge is 0.0825 e. The minimum atomic E-state index is 1.11. The largest absolute Gasteiger partial charge is 0.357 e. The molecule has 0 bridgehead atoms. The molecule has 1 aliphatic heterocycles. The van der Waals surface area contributed by atoms with Crippen molar-refractivity contribution in [3.63, 3.8) is 0 Å². The van der Waals surface area contributed by atoms with Gasteiger partial charge in [0.05, 0.1) is 26.2 Å². The first-order valence-electron chi connectivity index (χ1n) is 5.06. The summed E-state index contributed by atoms with van der Waals surface area (Å²) in [7, 11) is 0. The van der Waals surface area contributed by atoms with E-state index in [0.29, 0.717) is 0 Å². The molecular weight excluding hydrogens is 136 g/mol. The maximum absolute atomic E-state index is 3.88. The number of nitrogens with one attached hydrogen (secondary N) is 1. The lowest BCUT2D eigenvalue weighted by molar-refractivity contribution is -0.900. The predicted octanol–water partition coefficient (Wildman–Crippen LogP) is -0.923. The lowest BCUT2D eigenvalue weighted by Crippen LogP contribution is -3.12. The zero-order valence-corrected chi connectivity index (χ0v) is 7.57. The fourth-order valence-electron chi connectivity index (χ4n) is 1.85. The van der Waals surface area contributed by atoms with Gasteiger partial charge in [-0.3, -0.25) is 0 Å². The van der Waals surface area contributed by atoms with Gasteiger partial charge in [-0.2, -0.15) is 0 Å². The van der Waals surface area contributed by atoms with Gasteiger partial charge in [0.15, 0.2) is 0 Å². The molecule has 1 fully saturated rings. The third kappa shape index (κ3) is 3.73. The number of rotatable bonds is 3. The van der Waals surface area contributed by atoms with Crippen molar-refractivity contribution in [3.05, 3.63) is 0 Å². The molecule has 1 heterocycles. The Kier molecular flexibility index (Phi) is 4.55. The molecule has 1 aliphatic rings. The molecule has 0 spiro atoms. The van der Waals surface area contributed by atoms with Gasteiger partial charge in [-0.1, -0.05) is 0 Å². The van der Waals surface area contributed by atoms with Gasteiger partial charge in [0.25, 0.3) is 0 Å². The van der Waals surface area contributed by atoms with Crippen LogP contribution in [0.25, 0.3) is 0 Å². The Bertz CT molecular complexity index is 85.6. The highest BCUT2D eigenvalue weighted by Crippen LogP contribution is 1.98. The summed E-state index contributed by atoms with van der Waals surface area (Å²) in [6, 6.07) is 0. The maximum Gasteiger partial charge on any atom is 0.0825 e. The average molecular weight is 158 g/mol. The Hall–Kier alpha value is -0.0800. The summed E-state index contributed by atoms with van der Waals surface area (Å²) in [6.45, 7) is 5.31. The molecule has 0 aromatic carbocycles. The van der Waals surface area contributed by atoms with E-state index >= 15 is 0 Å². The van der Waals surface area contributed by atoms with Gasteiger partial charge in [0, 0.05) is 6.42 Å². The van der Waals surface area contributed by atoms with Crippen LogP contribution < -0.4 is 10.6 Å². The van der Waals surface area contributed by atoms with Crippen LogP contribution in [0.5, 0.6) is 0 Å². The fourth-order valence-corrected chi connectivity index (χ4v) is 1.85. The molecule has 0 atom stereocenters. The van der Waals surface area contributed by atoms with E-state index in [4.69, 9.17) is 0 Å². The van der Waals surface area contributed by atoms with Gasteiger partial charge < -0.3 is 10.6 Å². The number of quaternary nitrogens is 2. The zero-order chi connectivity index (χ0) is 7.94. The zero-order valence-electron chi connectivity index (χ0n) is 7.57. The Labute approximate surface area is 69.8 Å². The maximum atomic E-state index is 3.88. The van der Waals surface area contributed by atoms with Crippen molar-refractivity contribution in [2.24, 2.45) is 0 Å². The normalized spacial score (nSPS) is 21.5. The Morgan fingerprint density at radius 2 is 1.64 bits per heavy atom. The molecule has 0 unspecified atom stereocenters. The molecule has 0 aromatic heterocycles. The van der Waals surface area contributed by atoms with Gasteiger partial charge in [-0.25, -0.2) is 0 Å². The van der Waals surface area contributed by atoms with Gasteiger partial charge >= 0.3 is 0 Å². The highest BCUT2D eigenvalue weighted by Gasteiger charge is 2.10. The first kappa shape index (κ1) is 9.01. The van der Waals surface area contributed by atoms with E-state index in [2.05, 4.69) is 5.73 Å². The predicted molar refractivity (Wildman–Crippen MR) is 46.4 cm³/mol. The Morgan fingerprint density at radius 3 is 2.18 bits per heavy atom. The van der Waals surface area contributed by atoms with E-state index in [0.717, 1.165) is 6.54 Å². The molecule has 1 saturated heterocycles. The van der Waals surface area contributed by atoms with Gasteiger partial charge in [-0.15, -0.1) is 0 Å². The molecule has 2 nitrogen and oxygen atoms in total. The first-order valence-corrected chi connectivity index (χ1v) is 5.06. The minimum Gasteiger partial charge on any atom is -0.357 e. The fraction of sp³-hybridized carbons (Fsp3) is 1.00. The van der Waals surface area contributed by atoms with Crippen molar-refractivity contribution in [3.8, 4) is 0 Å². The quantitative estimate of drug-likeness (QED) is 0.532. The third-order valence-corrected chi connectivity index (χ3v) is 2.59. The van der Waals surface area contributed by atoms with E-state index in [1.807, 2.05) is 4.90 Å². The highest BCUT2D eigenvalue weighted by atomic mass is 15.1. The average Bonchev–Trinajstić information content (AvgIpc) is 2.28. The van der Waals surface area contributed by atoms with Crippen LogP contribution >= 0.6 is 0 Å². The molecule has 11 heavy (non-hydrogen) atoms. The second-order valence-corrected chi connectivity index (χ2v) is 3.62. The molecule has 0 radical (unpaired) electrons. The van der Waals surface area contributed by atoms with Crippen LogP contribution in [-0.2, 0) is 0 Å². The molecule has 0 aliphatic carbocycles. The summed E-state index contributed by atoms with van der Waals surface area (Å²) < 4.78 is 0. The summed E-state index contributed by atoms with van der Waals surface area (Å²) in [4.78, 5) is 1.83. The molecule has 0 aromatic rings. The topological polar surface area (TPSA) is 32.1 Å². The van der Waals surface area contributed by atoms with Gasteiger partial charge in [0.1, 0.15) is 0 Å². The van der Waals surface area contributed by atoms with Crippen molar-refractivity contribution in [1.82, 2.24) is 0 Å². The SMILES string of the molecule is [NH3+]CCC[NH+]1CCCCCC1. The minimum absolute atomic E-state index is 1.11. The van der Waals surface area contributed by atoms with Crippen molar-refractivity contribution < 1.29 is 10.6 Å². The molecular formula is C9H22N2+2. The van der Waals surface area contributed by atoms with Crippen molar-refractivity contribution in [1.29, 1.82) is 0 Å². The lowest BCUT2D eigenvalue weighted by atomic mass is 10.2. The second kappa shape index (κ2) is 5.56. The summed E-state index contributed by atoms with van der Waals surface area (Å²) in [5.74, 6) is 0. The summed E-state index contributed by atoms with van der Waals surface area (Å²) in [6.07, 6.45) is 7.15. The van der Waals surface area contributed by atoms with Gasteiger partial charge in [-0.05, 0) is 25.7 Å². The monoisotopic (exact) mass is 158 g/mol. The van der Waals surface area contributed by atoms with Gasteiger partial charge in [0.2, 0.25) is 0 Å². The van der Waals surface area contributed by atoms with Crippen molar-refractivity contribution in [2.45, 2.75) is 32.1 Å². The number of likely N-dealkylation sites (tertiary alicyclic amines) is 1. The van der Waals surface area contributed by atoms with Crippen LogP contribution in [0.4, 0.5) is 0 Å². The summed E-state index contributed by atoms with van der Waals surface area (Å²) >= 11 is 0. The molecule has 0 amide bonds. The first-order chi connectivity index (χ1) is 5.43. The van der Waals surface area contributed by atoms with E-state index in [1.165, 1.54) is 51.7 Å². The second-order valence-electron chi connectivity index (χ2n) is 3.62. The Balaban J connectivity index is 2.09. The molecule has 0 saturated carbocycles. The van der Waals surface area contributed by atoms with Crippen LogP contribution in [-0.4, -0.2) is 26.2 Å². The van der Waals surface area contributed by atoms with Crippen LogP contribution in [0.1, 0.15) is 32.1 Å². The van der Waals surface area contributed by atoms with Crippen LogP contribution in [0, 0.1) is 0 Å². The van der Waals surface area contributed by atoms with E-state index in [-0.39, 0.29) is 0 Å². The van der Waals surface area contributed by atoms with Crippen LogP contribution in [0.3, 0.4) is 0 Å². The van der Waals surface area contributed by atoms with Crippen LogP contribution in [0.2, 0.25) is 0 Å². The Morgan fingerprint density at radius 1 is 1.00 bits per heavy atom. The van der Waals surface area contributed by atoms with Crippen molar-refractivity contribution in [2.75, 3.05) is 26.2 Å². The van der Waals surface area contributed by atoms with Crippen LogP contribution in [0.15, 0.2) is 0 Å². The highest BCUT2D eigenvalue weighted by molar-refractivity contribution is 4.46. The molecule has 2 heteroatoms. The third-order valence-electron chi connectivity index (χ3n) is 2.59.